The van der Waals surface area contributed by atoms with Crippen LogP contribution in [0.4, 0.5) is 18.0 Å². The van der Waals surface area contributed by atoms with Crippen LogP contribution in [0.3, 0.4) is 0 Å². The van der Waals surface area contributed by atoms with E-state index in [1.54, 1.807) is 59.3 Å². The summed E-state index contributed by atoms with van der Waals surface area (Å²) in [6.45, 7) is 3.36. The summed E-state index contributed by atoms with van der Waals surface area (Å²) in [7, 11) is -2.92. The first-order valence-electron chi connectivity index (χ1n) is 15.5. The molecule has 4 rings (SSSR count). The van der Waals surface area contributed by atoms with Crippen molar-refractivity contribution in [2.45, 2.75) is 50.5 Å². The Morgan fingerprint density at radius 3 is 2.33 bits per heavy atom. The van der Waals surface area contributed by atoms with E-state index >= 15 is 0 Å². The predicted octanol–water partition coefficient (Wildman–Crippen LogP) is 6.40. The Balaban J connectivity index is 1.21. The minimum Gasteiger partial charge on any atom is -0.569 e. The molecule has 0 radical (unpaired) electrons. The minimum atomic E-state index is -4.71. The Morgan fingerprint density at radius 2 is 1.69 bits per heavy atom. The van der Waals surface area contributed by atoms with E-state index in [1.165, 1.54) is 31.1 Å². The number of aromatic nitrogens is 2. The number of aryl methyl sites for hydroxylation is 1. The highest BCUT2D eigenvalue weighted by Crippen LogP contribution is 2.33. The van der Waals surface area contributed by atoms with Gasteiger partial charge in [0.1, 0.15) is 0 Å². The quantitative estimate of drug-likeness (QED) is 0.0361. The van der Waals surface area contributed by atoms with Crippen LogP contribution in [0.1, 0.15) is 47.8 Å². The second-order valence-corrected chi connectivity index (χ2v) is 12.8. The minimum absolute atomic E-state index is 0.120. The van der Waals surface area contributed by atoms with Crippen molar-refractivity contribution in [1.29, 1.82) is 0 Å². The summed E-state index contributed by atoms with van der Waals surface area (Å²) < 4.78 is 78.9. The Kier molecular flexibility index (Phi) is 12.6. The number of nitrogens with one attached hydrogen (secondary N) is 1. The number of alkyl halides is 3. The highest BCUT2D eigenvalue weighted by Gasteiger charge is 2.35. The molecule has 0 saturated heterocycles. The topological polar surface area (TPSA) is 167 Å². The molecule has 18 heteroatoms. The lowest BCUT2D eigenvalue weighted by atomic mass is 10.1. The number of hydrogen-bond acceptors (Lipinski definition) is 10. The van der Waals surface area contributed by atoms with Gasteiger partial charge < -0.3 is 14.7 Å². The van der Waals surface area contributed by atoms with Gasteiger partial charge in [0.15, 0.2) is 5.69 Å². The molecule has 0 fully saturated rings. The number of carbonyl (C=O) groups is 2. The summed E-state index contributed by atoms with van der Waals surface area (Å²) >= 11 is 0. The SMILES string of the molecule is Cc1ccc(-c2cc(C(F)(F)F)nn2-c2ccc(S(=O)(=O)NC(=O)OCCCCCN(C)/[N+]([O-])=N/OC(C)OC(=O)c3ccccc3)cc2)cc1. The van der Waals surface area contributed by atoms with Crippen LogP contribution in [0.2, 0.25) is 0 Å². The van der Waals surface area contributed by atoms with E-state index in [2.05, 4.69) is 10.4 Å². The van der Waals surface area contributed by atoms with Gasteiger partial charge in [0.05, 0.1) is 47.0 Å². The lowest BCUT2D eigenvalue weighted by Crippen LogP contribution is -2.31. The highest BCUT2D eigenvalue weighted by atomic mass is 32.2. The average molecular weight is 733 g/mol. The van der Waals surface area contributed by atoms with E-state index in [0.29, 0.717) is 30.4 Å². The molecule has 14 nitrogen and oxygen atoms in total. The second kappa shape index (κ2) is 16.8. The van der Waals surface area contributed by atoms with E-state index in [4.69, 9.17) is 14.3 Å². The summed E-state index contributed by atoms with van der Waals surface area (Å²) in [6.07, 6.45) is -5.72. The molecule has 1 heterocycles. The van der Waals surface area contributed by atoms with Crippen molar-refractivity contribution in [3.8, 4) is 16.9 Å². The molecule has 1 N–H and O–H groups in total. The number of hydrazine groups is 1. The van der Waals surface area contributed by atoms with Crippen LogP contribution in [0, 0.1) is 12.1 Å². The zero-order valence-corrected chi connectivity index (χ0v) is 28.6. The maximum Gasteiger partial charge on any atom is 0.435 e. The lowest BCUT2D eigenvalue weighted by Gasteiger charge is -2.14. The average Bonchev–Trinajstić information content (AvgIpc) is 3.56. The smallest absolute Gasteiger partial charge is 0.435 e. The van der Waals surface area contributed by atoms with Crippen LogP contribution in [-0.2, 0) is 30.5 Å². The molecule has 4 aromatic rings. The number of sulfonamides is 1. The molecule has 0 aliphatic heterocycles. The molecule has 0 aliphatic rings. The molecule has 0 spiro atoms. The summed E-state index contributed by atoms with van der Waals surface area (Å²) in [5.41, 5.74) is 0.888. The summed E-state index contributed by atoms with van der Waals surface area (Å²) in [5, 5.41) is 20.4. The Hall–Kier alpha value is -5.65. The molecule has 51 heavy (non-hydrogen) atoms. The Bertz CT molecular complexity index is 1920. The van der Waals surface area contributed by atoms with Gasteiger partial charge in [-0.05, 0) is 68.7 Å². The molecule has 3 aromatic carbocycles. The first-order chi connectivity index (χ1) is 24.1. The molecule has 0 bridgehead atoms. The second-order valence-electron chi connectivity index (χ2n) is 11.1. The Morgan fingerprint density at radius 1 is 1.02 bits per heavy atom. The fourth-order valence-electron chi connectivity index (χ4n) is 4.46. The zero-order chi connectivity index (χ0) is 37.2. The number of ether oxygens (including phenoxy) is 2. The van der Waals surface area contributed by atoms with Gasteiger partial charge in [-0.15, -0.1) is 5.01 Å². The molecule has 272 valence electrons. The number of rotatable bonds is 15. The van der Waals surface area contributed by atoms with Gasteiger partial charge in [0, 0.05) is 12.5 Å². The van der Waals surface area contributed by atoms with Gasteiger partial charge in [0.25, 0.3) is 16.3 Å². The van der Waals surface area contributed by atoms with Gasteiger partial charge in [-0.2, -0.15) is 18.3 Å². The highest BCUT2D eigenvalue weighted by molar-refractivity contribution is 7.90. The van der Waals surface area contributed by atoms with Gasteiger partial charge in [-0.25, -0.2) is 27.4 Å². The van der Waals surface area contributed by atoms with E-state index in [-0.39, 0.29) is 34.4 Å². The van der Waals surface area contributed by atoms with Gasteiger partial charge in [-0.3, -0.25) is 4.84 Å². The number of nitrogens with zero attached hydrogens (tertiary/aromatic N) is 5. The largest absolute Gasteiger partial charge is 0.569 e. The number of amides is 1. The maximum atomic E-state index is 13.5. The third-order valence-electron chi connectivity index (χ3n) is 7.16. The van der Waals surface area contributed by atoms with Crippen LogP contribution in [0.5, 0.6) is 0 Å². The van der Waals surface area contributed by atoms with Crippen LogP contribution in [-0.4, -0.2) is 66.7 Å². The first-order valence-corrected chi connectivity index (χ1v) is 17.0. The van der Waals surface area contributed by atoms with E-state index in [1.807, 2.05) is 6.92 Å². The monoisotopic (exact) mass is 732 g/mol. The standard InChI is InChI=1S/C33H35F3N6O8S/c1-23-12-14-25(15-13-23)29-22-30(33(34,35)36)37-41(29)27-16-18-28(19-17-27)51(46,47)38-32(44)48-21-9-5-8-20-40(3)42(45)39-50-24(2)49-31(43)26-10-6-4-7-11-26/h4,6-7,10-19,22,24H,5,8-9,20-21H2,1-3H3,(H,38,44)/b42-39-. The van der Waals surface area contributed by atoms with E-state index < -0.39 is 40.2 Å². The number of esters is 1. The first kappa shape index (κ1) is 38.2. The molecule has 1 amide bonds. The lowest BCUT2D eigenvalue weighted by molar-refractivity contribution is -0.707. The summed E-state index contributed by atoms with van der Waals surface area (Å²) in [6, 6.07) is 20.7. The number of unbranched alkanes of at least 4 members (excludes halogenated alkanes) is 2. The number of hydrogen-bond donors (Lipinski definition) is 1. The van der Waals surface area contributed by atoms with E-state index in [0.717, 1.165) is 28.4 Å². The van der Waals surface area contributed by atoms with Crippen LogP contribution >= 0.6 is 0 Å². The van der Waals surface area contributed by atoms with Crippen LogP contribution in [0.25, 0.3) is 16.9 Å². The molecule has 1 atom stereocenters. The molecule has 1 unspecified atom stereocenters. The number of carbonyl (C=O) groups excluding carboxylic acids is 2. The third-order valence-corrected chi connectivity index (χ3v) is 8.48. The van der Waals surface area contributed by atoms with Crippen molar-refractivity contribution < 1.29 is 50.5 Å². The van der Waals surface area contributed by atoms with Crippen molar-refractivity contribution in [1.82, 2.24) is 19.5 Å². The summed E-state index contributed by atoms with van der Waals surface area (Å²) in [4.78, 5) is 29.0. The number of benzene rings is 3. The van der Waals surface area contributed by atoms with Gasteiger partial charge in [0.2, 0.25) is 5.28 Å². The normalized spacial score (nSPS) is 12.5. The fourth-order valence-corrected chi connectivity index (χ4v) is 5.36. The number of halogens is 3. The van der Waals surface area contributed by atoms with Crippen molar-refractivity contribution in [2.24, 2.45) is 5.28 Å². The summed E-state index contributed by atoms with van der Waals surface area (Å²) in [5.74, 6) is -0.640. The third kappa shape index (κ3) is 10.9. The van der Waals surface area contributed by atoms with Crippen molar-refractivity contribution >= 4 is 22.1 Å². The molecule has 1 aromatic heterocycles. The van der Waals surface area contributed by atoms with Gasteiger partial charge in [-0.1, -0.05) is 48.0 Å². The molecule has 0 saturated carbocycles. The molecular formula is C33H35F3N6O8S. The Labute approximate surface area is 291 Å². The molecular weight excluding hydrogens is 697 g/mol. The zero-order valence-electron chi connectivity index (χ0n) is 27.7. The van der Waals surface area contributed by atoms with Gasteiger partial charge >= 0.3 is 18.2 Å². The predicted molar refractivity (Wildman–Crippen MR) is 175 cm³/mol. The van der Waals surface area contributed by atoms with Crippen molar-refractivity contribution in [3.05, 3.63) is 107 Å². The van der Waals surface area contributed by atoms with E-state index in [9.17, 15) is 36.4 Å². The molecule has 0 aliphatic carbocycles. The van der Waals surface area contributed by atoms with Crippen LogP contribution < -0.4 is 4.72 Å². The maximum absolute atomic E-state index is 13.5. The van der Waals surface area contributed by atoms with Crippen molar-refractivity contribution in [3.63, 3.8) is 0 Å². The fraction of sp³-hybridized carbons (Fsp3) is 0.303. The van der Waals surface area contributed by atoms with Crippen LogP contribution in [0.15, 0.2) is 95.1 Å². The van der Waals surface area contributed by atoms with Crippen molar-refractivity contribution in [2.75, 3.05) is 20.2 Å².